The molecule has 0 aromatic heterocycles. The maximum Gasteiger partial charge on any atom is -0.0208 e. The Balaban J connectivity index is 0.00000108. The van der Waals surface area contributed by atoms with Crippen molar-refractivity contribution in [3.63, 3.8) is 0 Å². The first-order chi connectivity index (χ1) is 20.2. The van der Waals surface area contributed by atoms with Crippen molar-refractivity contribution in [1.29, 1.82) is 0 Å². The molecule has 0 heteroatoms. The molecule has 6 rings (SSSR count). The molecular formula is C41H70. The van der Waals surface area contributed by atoms with Crippen molar-refractivity contribution in [3.05, 3.63) is 24.8 Å². The van der Waals surface area contributed by atoms with Crippen LogP contribution < -0.4 is 0 Å². The monoisotopic (exact) mass is 563 g/mol. The third kappa shape index (κ3) is 8.15. The molecule has 0 aromatic rings. The minimum Gasteiger partial charge on any atom is -0.103 e. The fraction of sp³-hybridized carbons (Fsp3) is 0.902. The first-order valence-electron chi connectivity index (χ1n) is 19.4. The molecule has 10 atom stereocenters. The first-order valence-corrected chi connectivity index (χ1v) is 19.4. The van der Waals surface area contributed by atoms with E-state index in [-0.39, 0.29) is 0 Å². The van der Waals surface area contributed by atoms with E-state index in [1.165, 1.54) is 51.4 Å². The van der Waals surface area contributed by atoms with E-state index in [1.807, 2.05) is 6.92 Å². The highest BCUT2D eigenvalue weighted by Crippen LogP contribution is 2.60. The molecule has 0 heterocycles. The SMILES string of the molecule is C=CC.C[C@@H]1CCCCCC1/C=C\C[C@H]1C2CCCCC2C(C2CCC[C@H](C3CCCCC3)C2)[C@H]2CCCCCC21. The van der Waals surface area contributed by atoms with Gasteiger partial charge >= 0.3 is 0 Å². The zero-order valence-corrected chi connectivity index (χ0v) is 27.8. The second-order valence-electron chi connectivity index (χ2n) is 16.3. The molecule has 0 bridgehead atoms. The van der Waals surface area contributed by atoms with Crippen molar-refractivity contribution in [2.75, 3.05) is 0 Å². The van der Waals surface area contributed by atoms with Crippen LogP contribution in [0.1, 0.15) is 168 Å². The topological polar surface area (TPSA) is 0 Å². The minimum atomic E-state index is 0.875. The van der Waals surface area contributed by atoms with Crippen LogP contribution in [0.25, 0.3) is 0 Å². The number of allylic oxidation sites excluding steroid dienone is 3. The minimum absolute atomic E-state index is 0.875. The number of hydrogen-bond donors (Lipinski definition) is 0. The van der Waals surface area contributed by atoms with Gasteiger partial charge in [0.2, 0.25) is 0 Å². The van der Waals surface area contributed by atoms with Gasteiger partial charge in [0, 0.05) is 0 Å². The van der Waals surface area contributed by atoms with Crippen LogP contribution in [0.3, 0.4) is 0 Å². The normalized spacial score (nSPS) is 42.6. The predicted octanol–water partition coefficient (Wildman–Crippen LogP) is 13.0. The van der Waals surface area contributed by atoms with Gasteiger partial charge in [-0.15, -0.1) is 6.58 Å². The highest BCUT2D eigenvalue weighted by molar-refractivity contribution is 5.04. The molecule has 0 radical (unpaired) electrons. The van der Waals surface area contributed by atoms with E-state index in [0.29, 0.717) is 0 Å². The lowest BCUT2D eigenvalue weighted by Gasteiger charge is -2.57. The Morgan fingerprint density at radius 2 is 1.02 bits per heavy atom. The smallest absolute Gasteiger partial charge is 0.0208 e. The fourth-order valence-electron chi connectivity index (χ4n) is 12.1. The van der Waals surface area contributed by atoms with Gasteiger partial charge in [-0.25, -0.2) is 0 Å². The van der Waals surface area contributed by atoms with Crippen LogP contribution in [0.4, 0.5) is 0 Å². The fourth-order valence-corrected chi connectivity index (χ4v) is 12.1. The van der Waals surface area contributed by atoms with Crippen LogP contribution in [-0.2, 0) is 0 Å². The second-order valence-corrected chi connectivity index (χ2v) is 16.3. The summed E-state index contributed by atoms with van der Waals surface area (Å²) in [5, 5.41) is 0. The van der Waals surface area contributed by atoms with Crippen LogP contribution >= 0.6 is 0 Å². The standard InChI is InChI=1S/C38H64.C3H6/c1-28-15-5-2-6-16-29(28)19-14-26-33-34-22-9-4-10-24-36(34)38(37-25-12-11-23-35(33)37)32-21-13-20-31(27-32)30-17-7-3-8-18-30;1-3-2/h14,19,28-38H,2-13,15-18,20-27H2,1H3;3H,1H2,2H3/b19-14-;/t28-,29?,31+,32?,33-,34?,35?,36+,37?,38?;/m1./s1. The van der Waals surface area contributed by atoms with Crippen molar-refractivity contribution in [1.82, 2.24) is 0 Å². The summed E-state index contributed by atoms with van der Waals surface area (Å²) in [6.45, 7) is 7.80. The first kappa shape index (κ1) is 31.9. The summed E-state index contributed by atoms with van der Waals surface area (Å²) in [5.74, 6) is 11.5. The van der Waals surface area contributed by atoms with Crippen molar-refractivity contribution in [3.8, 4) is 0 Å². The third-order valence-electron chi connectivity index (χ3n) is 13.9. The van der Waals surface area contributed by atoms with Crippen LogP contribution in [0.2, 0.25) is 0 Å². The summed E-state index contributed by atoms with van der Waals surface area (Å²) in [5.41, 5.74) is 0. The Bertz CT molecular complexity index is 771. The summed E-state index contributed by atoms with van der Waals surface area (Å²) in [6, 6.07) is 0. The third-order valence-corrected chi connectivity index (χ3v) is 13.9. The van der Waals surface area contributed by atoms with Crippen LogP contribution in [0, 0.1) is 65.1 Å². The Hall–Kier alpha value is -0.520. The van der Waals surface area contributed by atoms with Gasteiger partial charge in [0.05, 0.1) is 0 Å². The summed E-state index contributed by atoms with van der Waals surface area (Å²) in [7, 11) is 0. The average Bonchev–Trinajstić information content (AvgIpc) is 3.38. The van der Waals surface area contributed by atoms with E-state index >= 15 is 0 Å². The lowest BCUT2D eigenvalue weighted by atomic mass is 9.48. The molecule has 6 unspecified atom stereocenters. The average molecular weight is 563 g/mol. The van der Waals surface area contributed by atoms with Gasteiger partial charge in [-0.05, 0) is 117 Å². The maximum absolute atomic E-state index is 3.36. The lowest BCUT2D eigenvalue weighted by molar-refractivity contribution is -0.0813. The molecule has 0 saturated heterocycles. The molecule has 41 heavy (non-hydrogen) atoms. The number of fused-ring (bicyclic) bond motifs is 2. The Morgan fingerprint density at radius 3 is 1.68 bits per heavy atom. The van der Waals surface area contributed by atoms with Crippen LogP contribution in [0.5, 0.6) is 0 Å². The molecule has 6 aliphatic rings. The molecule has 234 valence electrons. The van der Waals surface area contributed by atoms with Gasteiger partial charge in [-0.2, -0.15) is 0 Å². The molecule has 0 spiro atoms. The van der Waals surface area contributed by atoms with Crippen molar-refractivity contribution < 1.29 is 0 Å². The van der Waals surface area contributed by atoms with Gasteiger partial charge in [0.25, 0.3) is 0 Å². The predicted molar refractivity (Wildman–Crippen MR) is 180 cm³/mol. The highest BCUT2D eigenvalue weighted by atomic mass is 14.6. The van der Waals surface area contributed by atoms with Crippen molar-refractivity contribution in [2.24, 2.45) is 65.1 Å². The van der Waals surface area contributed by atoms with E-state index in [2.05, 4.69) is 25.7 Å². The van der Waals surface area contributed by atoms with Gasteiger partial charge < -0.3 is 0 Å². The highest BCUT2D eigenvalue weighted by Gasteiger charge is 2.52. The quantitative estimate of drug-likeness (QED) is 0.231. The molecule has 0 aromatic carbocycles. The van der Waals surface area contributed by atoms with E-state index in [9.17, 15) is 0 Å². The summed E-state index contributed by atoms with van der Waals surface area (Å²) < 4.78 is 0. The van der Waals surface area contributed by atoms with Gasteiger partial charge in [-0.1, -0.05) is 134 Å². The van der Waals surface area contributed by atoms with Crippen LogP contribution in [0.15, 0.2) is 24.8 Å². The zero-order valence-electron chi connectivity index (χ0n) is 27.8. The maximum atomic E-state index is 3.36. The molecule has 0 nitrogen and oxygen atoms in total. The van der Waals surface area contributed by atoms with Crippen LogP contribution in [-0.4, -0.2) is 0 Å². The van der Waals surface area contributed by atoms with E-state index in [0.717, 1.165) is 65.1 Å². The molecule has 6 saturated carbocycles. The van der Waals surface area contributed by atoms with Gasteiger partial charge in [-0.3, -0.25) is 0 Å². The molecule has 0 N–H and O–H groups in total. The molecule has 0 aliphatic heterocycles. The van der Waals surface area contributed by atoms with Crippen molar-refractivity contribution >= 4 is 0 Å². The molecule has 6 fully saturated rings. The summed E-state index contributed by atoms with van der Waals surface area (Å²) in [6.07, 6.45) is 44.3. The molecule has 0 amide bonds. The van der Waals surface area contributed by atoms with E-state index < -0.39 is 0 Å². The zero-order chi connectivity index (χ0) is 28.4. The summed E-state index contributed by atoms with van der Waals surface area (Å²) >= 11 is 0. The largest absolute Gasteiger partial charge is 0.103 e. The molecular weight excluding hydrogens is 492 g/mol. The van der Waals surface area contributed by atoms with Crippen molar-refractivity contribution in [2.45, 2.75) is 168 Å². The Kier molecular flexibility index (Phi) is 12.9. The van der Waals surface area contributed by atoms with Gasteiger partial charge in [0.1, 0.15) is 0 Å². The Labute approximate surface area is 257 Å². The molecule has 6 aliphatic carbocycles. The summed E-state index contributed by atoms with van der Waals surface area (Å²) in [4.78, 5) is 0. The Morgan fingerprint density at radius 1 is 0.537 bits per heavy atom. The number of hydrogen-bond acceptors (Lipinski definition) is 0. The number of rotatable bonds is 5. The van der Waals surface area contributed by atoms with E-state index in [1.54, 1.807) is 109 Å². The van der Waals surface area contributed by atoms with E-state index in [4.69, 9.17) is 0 Å². The van der Waals surface area contributed by atoms with Gasteiger partial charge in [0.15, 0.2) is 0 Å². The lowest BCUT2D eigenvalue weighted by Crippen LogP contribution is -2.50. The second kappa shape index (κ2) is 16.5.